The van der Waals surface area contributed by atoms with E-state index in [9.17, 15) is 17.6 Å². The van der Waals surface area contributed by atoms with Gasteiger partial charge in [0.2, 0.25) is 5.91 Å². The second-order valence-corrected chi connectivity index (χ2v) is 8.00. The molecule has 0 bridgehead atoms. The van der Waals surface area contributed by atoms with Crippen LogP contribution in [-0.2, 0) is 25.9 Å². The van der Waals surface area contributed by atoms with Crippen molar-refractivity contribution in [1.29, 1.82) is 0 Å². The molecule has 0 saturated heterocycles. The number of carbonyl (C=O) groups is 1. The molecule has 1 heterocycles. The number of carbonyl (C=O) groups excluding carboxylic acids is 1. The van der Waals surface area contributed by atoms with Crippen molar-refractivity contribution in [3.63, 3.8) is 0 Å². The minimum atomic E-state index is -3.19. The van der Waals surface area contributed by atoms with Crippen molar-refractivity contribution >= 4 is 27.3 Å². The van der Waals surface area contributed by atoms with Crippen molar-refractivity contribution in [3.05, 3.63) is 46.1 Å². The lowest BCUT2D eigenvalue weighted by Crippen LogP contribution is -2.34. The Labute approximate surface area is 146 Å². The first-order chi connectivity index (χ1) is 11.3. The van der Waals surface area contributed by atoms with Crippen LogP contribution in [0, 0.1) is 11.7 Å². The molecule has 5 nitrogen and oxygen atoms in total. The molecule has 0 radical (unpaired) electrons. The average molecular weight is 376 g/mol. The number of benzene rings is 1. The van der Waals surface area contributed by atoms with Crippen LogP contribution in [0.2, 0.25) is 5.02 Å². The molecule has 0 aliphatic carbocycles. The number of amides is 1. The Morgan fingerprint density at radius 1 is 1.46 bits per heavy atom. The Morgan fingerprint density at radius 3 is 2.79 bits per heavy atom. The highest BCUT2D eigenvalue weighted by molar-refractivity contribution is 7.94. The predicted molar refractivity (Wildman–Crippen MR) is 89.7 cm³/mol. The van der Waals surface area contributed by atoms with E-state index in [0.717, 1.165) is 5.41 Å². The molecule has 0 saturated carbocycles. The topological polar surface area (TPSA) is 63.7 Å². The van der Waals surface area contributed by atoms with E-state index in [-0.39, 0.29) is 35.6 Å². The van der Waals surface area contributed by atoms with E-state index in [1.807, 2.05) is 0 Å². The third-order valence-corrected chi connectivity index (χ3v) is 5.55. The molecule has 1 aliphatic heterocycles. The molecule has 0 spiro atoms. The van der Waals surface area contributed by atoms with Gasteiger partial charge in [-0.15, -0.1) is 0 Å². The van der Waals surface area contributed by atoms with Crippen LogP contribution in [0.3, 0.4) is 0 Å². The molecule has 1 aliphatic rings. The summed E-state index contributed by atoms with van der Waals surface area (Å²) in [5, 5.41) is 1.40. The Balaban J connectivity index is 2.06. The fourth-order valence-electron chi connectivity index (χ4n) is 2.47. The highest BCUT2D eigenvalue weighted by Crippen LogP contribution is 2.22. The minimum Gasteiger partial charge on any atom is -0.383 e. The standard InChI is InChI=1S/C16H19ClFNO4S/c1-23-6-5-19(10-13-2-3-14(18)9-15(13)17)16(20)8-12-4-7-24(21,22)11-12/h2-4,7,9,12H,5-6,8,10-11H2,1H3/t12-/m0/s1. The van der Waals surface area contributed by atoms with Crippen LogP contribution in [0.4, 0.5) is 4.39 Å². The maximum atomic E-state index is 13.1. The molecular formula is C16H19ClFNO4S. The van der Waals surface area contributed by atoms with E-state index in [0.29, 0.717) is 18.7 Å². The molecule has 24 heavy (non-hydrogen) atoms. The van der Waals surface area contributed by atoms with Gasteiger partial charge in [0.25, 0.3) is 0 Å². The number of halogens is 2. The van der Waals surface area contributed by atoms with Gasteiger partial charge in [0.15, 0.2) is 9.84 Å². The third-order valence-electron chi connectivity index (χ3n) is 3.74. The number of sulfone groups is 1. The highest BCUT2D eigenvalue weighted by Gasteiger charge is 2.26. The highest BCUT2D eigenvalue weighted by atomic mass is 35.5. The summed E-state index contributed by atoms with van der Waals surface area (Å²) in [6.45, 7) is 0.889. The average Bonchev–Trinajstić information content (AvgIpc) is 2.84. The quantitative estimate of drug-likeness (QED) is 0.734. The van der Waals surface area contributed by atoms with Crippen LogP contribution in [0.25, 0.3) is 0 Å². The van der Waals surface area contributed by atoms with Crippen molar-refractivity contribution < 1.29 is 22.3 Å². The van der Waals surface area contributed by atoms with Gasteiger partial charge < -0.3 is 9.64 Å². The lowest BCUT2D eigenvalue weighted by molar-refractivity contribution is -0.133. The normalized spacial score (nSPS) is 18.7. The van der Waals surface area contributed by atoms with Crippen LogP contribution in [0.15, 0.2) is 29.7 Å². The molecule has 1 aromatic rings. The maximum absolute atomic E-state index is 13.1. The molecule has 0 aromatic heterocycles. The Morgan fingerprint density at radius 2 is 2.21 bits per heavy atom. The van der Waals surface area contributed by atoms with Gasteiger partial charge in [0, 0.05) is 43.0 Å². The largest absolute Gasteiger partial charge is 0.383 e. The molecule has 8 heteroatoms. The van der Waals surface area contributed by atoms with Gasteiger partial charge in [-0.05, 0) is 17.7 Å². The number of hydrogen-bond acceptors (Lipinski definition) is 4. The summed E-state index contributed by atoms with van der Waals surface area (Å²) < 4.78 is 41.1. The van der Waals surface area contributed by atoms with Crippen LogP contribution in [0.5, 0.6) is 0 Å². The molecule has 1 amide bonds. The fourth-order valence-corrected chi connectivity index (χ4v) is 4.10. The molecule has 2 rings (SSSR count). The molecule has 0 N–H and O–H groups in total. The first-order valence-corrected chi connectivity index (χ1v) is 9.51. The van der Waals surface area contributed by atoms with E-state index in [1.54, 1.807) is 11.0 Å². The molecule has 1 aromatic carbocycles. The number of allylic oxidation sites excluding steroid dienone is 1. The Hall–Kier alpha value is -1.44. The van der Waals surface area contributed by atoms with E-state index >= 15 is 0 Å². The van der Waals surface area contributed by atoms with Crippen LogP contribution < -0.4 is 0 Å². The summed E-state index contributed by atoms with van der Waals surface area (Å²) in [5.74, 6) is -1.01. The van der Waals surface area contributed by atoms with Crippen LogP contribution in [-0.4, -0.2) is 45.2 Å². The lowest BCUT2D eigenvalue weighted by atomic mass is 10.1. The first-order valence-electron chi connectivity index (χ1n) is 7.42. The van der Waals surface area contributed by atoms with Crippen LogP contribution >= 0.6 is 11.6 Å². The summed E-state index contributed by atoms with van der Waals surface area (Å²) in [7, 11) is -1.67. The second kappa shape index (κ2) is 8.09. The summed E-state index contributed by atoms with van der Waals surface area (Å²) in [6.07, 6.45) is 1.64. The summed E-state index contributed by atoms with van der Waals surface area (Å²) in [5.41, 5.74) is 0.622. The maximum Gasteiger partial charge on any atom is 0.223 e. The van der Waals surface area contributed by atoms with E-state index in [1.165, 1.54) is 25.3 Å². The summed E-state index contributed by atoms with van der Waals surface area (Å²) in [4.78, 5) is 14.1. The van der Waals surface area contributed by atoms with Crippen LogP contribution in [0.1, 0.15) is 12.0 Å². The third kappa shape index (κ3) is 5.29. The minimum absolute atomic E-state index is 0.0475. The Bertz CT molecular complexity index is 736. The number of rotatable bonds is 7. The SMILES string of the molecule is COCCN(Cc1ccc(F)cc1Cl)C(=O)C[C@@H]1C=CS(=O)(=O)C1. The molecular weight excluding hydrogens is 357 g/mol. The zero-order valence-electron chi connectivity index (χ0n) is 13.2. The first kappa shape index (κ1) is 18.9. The number of methoxy groups -OCH3 is 1. The lowest BCUT2D eigenvalue weighted by Gasteiger charge is -2.24. The number of nitrogens with zero attached hydrogens (tertiary/aromatic N) is 1. The van der Waals surface area contributed by atoms with Gasteiger partial charge >= 0.3 is 0 Å². The second-order valence-electron chi connectivity index (χ2n) is 5.67. The van der Waals surface area contributed by atoms with E-state index in [4.69, 9.17) is 16.3 Å². The summed E-state index contributed by atoms with van der Waals surface area (Å²) >= 11 is 6.02. The zero-order chi connectivity index (χ0) is 17.7. The number of ether oxygens (including phenoxy) is 1. The zero-order valence-corrected chi connectivity index (χ0v) is 14.8. The van der Waals surface area contributed by atoms with Gasteiger partial charge in [-0.25, -0.2) is 12.8 Å². The van der Waals surface area contributed by atoms with Crippen molar-refractivity contribution in [2.75, 3.05) is 26.0 Å². The molecule has 0 unspecified atom stereocenters. The van der Waals surface area contributed by atoms with Crippen molar-refractivity contribution in [2.24, 2.45) is 5.92 Å². The monoisotopic (exact) mass is 375 g/mol. The fraction of sp³-hybridized carbons (Fsp3) is 0.438. The summed E-state index contributed by atoms with van der Waals surface area (Å²) in [6, 6.07) is 4.01. The molecule has 1 atom stereocenters. The van der Waals surface area contributed by atoms with Gasteiger partial charge in [0.1, 0.15) is 5.82 Å². The van der Waals surface area contributed by atoms with Gasteiger partial charge in [-0.1, -0.05) is 23.7 Å². The number of hydrogen-bond donors (Lipinski definition) is 0. The van der Waals surface area contributed by atoms with Crippen molar-refractivity contribution in [1.82, 2.24) is 4.90 Å². The molecule has 132 valence electrons. The van der Waals surface area contributed by atoms with Crippen molar-refractivity contribution in [2.45, 2.75) is 13.0 Å². The van der Waals surface area contributed by atoms with Gasteiger partial charge in [0.05, 0.1) is 12.4 Å². The predicted octanol–water partition coefficient (Wildman–Crippen LogP) is 2.40. The van der Waals surface area contributed by atoms with Gasteiger partial charge in [-0.2, -0.15) is 0 Å². The van der Waals surface area contributed by atoms with Gasteiger partial charge in [-0.3, -0.25) is 4.79 Å². The smallest absolute Gasteiger partial charge is 0.223 e. The van der Waals surface area contributed by atoms with Crippen molar-refractivity contribution in [3.8, 4) is 0 Å². The van der Waals surface area contributed by atoms with E-state index in [2.05, 4.69) is 0 Å². The van der Waals surface area contributed by atoms with E-state index < -0.39 is 15.7 Å². The molecule has 0 fully saturated rings. The Kier molecular flexibility index (Phi) is 6.37.